The van der Waals surface area contributed by atoms with Crippen LogP contribution in [0.4, 0.5) is 0 Å². The zero-order chi connectivity index (χ0) is 20.0. The molecule has 1 aromatic carbocycles. The van der Waals surface area contributed by atoms with E-state index in [1.165, 1.54) is 21.3 Å². The van der Waals surface area contributed by atoms with Crippen molar-refractivity contribution < 1.29 is 28.9 Å². The molecule has 1 N–H and O–H groups in total. The number of methoxy groups -OCH3 is 3. The number of hydrogen-bond acceptors (Lipinski definition) is 6. The van der Waals surface area contributed by atoms with E-state index in [-0.39, 0.29) is 22.6 Å². The lowest BCUT2D eigenvalue weighted by molar-refractivity contribution is 0.0559. The summed E-state index contributed by atoms with van der Waals surface area (Å²) in [5.41, 5.74) is 2.41. The minimum absolute atomic E-state index is 0.0200. The zero-order valence-electron chi connectivity index (χ0n) is 15.5. The van der Waals surface area contributed by atoms with Crippen LogP contribution in [-0.4, -0.2) is 42.8 Å². The second-order valence-electron chi connectivity index (χ2n) is 6.14. The minimum atomic E-state index is -0.701. The van der Waals surface area contributed by atoms with Gasteiger partial charge in [-0.2, -0.15) is 0 Å². The highest BCUT2D eigenvalue weighted by Gasteiger charge is 2.33. The monoisotopic (exact) mass is 379 g/mol. The van der Waals surface area contributed by atoms with E-state index in [1.807, 2.05) is 30.3 Å². The van der Waals surface area contributed by atoms with Crippen molar-refractivity contribution in [2.75, 3.05) is 21.3 Å². The van der Waals surface area contributed by atoms with Gasteiger partial charge in [0.2, 0.25) is 0 Å². The van der Waals surface area contributed by atoms with Crippen LogP contribution in [0.25, 0.3) is 27.7 Å². The molecule has 3 aromatic heterocycles. The quantitative estimate of drug-likeness (QED) is 0.546. The lowest BCUT2D eigenvalue weighted by Gasteiger charge is -2.15. The molecule has 3 heterocycles. The Morgan fingerprint density at radius 3 is 2.07 bits per heavy atom. The molecule has 0 aliphatic carbocycles. The predicted molar refractivity (Wildman–Crippen MR) is 102 cm³/mol. The Labute approximate surface area is 160 Å². The number of carbonyl (C=O) groups is 2. The first-order valence-corrected chi connectivity index (χ1v) is 8.46. The summed E-state index contributed by atoms with van der Waals surface area (Å²) in [5.74, 6) is -1.14. The second-order valence-corrected chi connectivity index (χ2v) is 6.14. The Hall–Kier alpha value is -3.74. The third-order valence-corrected chi connectivity index (χ3v) is 4.81. The molecule has 0 amide bonds. The van der Waals surface area contributed by atoms with Crippen LogP contribution in [0.15, 0.2) is 42.5 Å². The standard InChI is InChI=1S/C21H17NO6/c1-26-19-14(11-7-5-4-6-8-11)18(23)13-10-9-12-15(20(24)27-2)16(21(25)28-3)17(19)22(12)13/h4-10,23H,1-3H3. The van der Waals surface area contributed by atoms with Crippen molar-refractivity contribution in [3.8, 4) is 22.6 Å². The van der Waals surface area contributed by atoms with E-state index in [2.05, 4.69) is 0 Å². The van der Waals surface area contributed by atoms with Crippen LogP contribution >= 0.6 is 0 Å². The Morgan fingerprint density at radius 2 is 1.46 bits per heavy atom. The summed E-state index contributed by atoms with van der Waals surface area (Å²) in [7, 11) is 3.92. The van der Waals surface area contributed by atoms with Gasteiger partial charge in [0, 0.05) is 0 Å². The molecule has 0 unspecified atom stereocenters. The van der Waals surface area contributed by atoms with Crippen molar-refractivity contribution in [2.24, 2.45) is 0 Å². The Balaban J connectivity index is 2.26. The Morgan fingerprint density at radius 1 is 0.857 bits per heavy atom. The first-order chi connectivity index (χ1) is 13.5. The number of ether oxygens (including phenoxy) is 3. The van der Waals surface area contributed by atoms with Gasteiger partial charge in [0.25, 0.3) is 0 Å². The van der Waals surface area contributed by atoms with Crippen LogP contribution in [0.5, 0.6) is 11.5 Å². The maximum atomic E-state index is 12.6. The van der Waals surface area contributed by atoms with Gasteiger partial charge in [0.15, 0.2) is 11.5 Å². The molecule has 0 atom stereocenters. The topological polar surface area (TPSA) is 86.5 Å². The van der Waals surface area contributed by atoms with E-state index in [1.54, 1.807) is 16.5 Å². The van der Waals surface area contributed by atoms with E-state index < -0.39 is 11.9 Å². The number of carbonyl (C=O) groups excluding carboxylic acids is 2. The average Bonchev–Trinajstić information content (AvgIpc) is 3.30. The lowest BCUT2D eigenvalue weighted by atomic mass is 10.0. The smallest absolute Gasteiger partial charge is 0.341 e. The normalized spacial score (nSPS) is 11.1. The maximum absolute atomic E-state index is 12.6. The van der Waals surface area contributed by atoms with Crippen molar-refractivity contribution >= 4 is 28.5 Å². The summed E-state index contributed by atoms with van der Waals surface area (Å²) in [6.07, 6.45) is 0. The van der Waals surface area contributed by atoms with Crippen LogP contribution in [0, 0.1) is 0 Å². The largest absolute Gasteiger partial charge is 0.505 e. The molecule has 7 nitrogen and oxygen atoms in total. The van der Waals surface area contributed by atoms with Crippen LogP contribution in [-0.2, 0) is 9.47 Å². The number of aromatic hydroxyl groups is 1. The molecule has 142 valence electrons. The Bertz CT molecular complexity index is 1210. The molecular weight excluding hydrogens is 362 g/mol. The molecule has 0 radical (unpaired) electrons. The zero-order valence-corrected chi connectivity index (χ0v) is 15.5. The summed E-state index contributed by atoms with van der Waals surface area (Å²) < 4.78 is 17.1. The number of pyridine rings is 1. The van der Waals surface area contributed by atoms with Crippen molar-refractivity contribution in [1.82, 2.24) is 4.40 Å². The maximum Gasteiger partial charge on any atom is 0.341 e. The molecular formula is C21H17NO6. The number of rotatable bonds is 4. The highest BCUT2D eigenvalue weighted by atomic mass is 16.5. The van der Waals surface area contributed by atoms with Gasteiger partial charge in [0.1, 0.15) is 16.6 Å². The van der Waals surface area contributed by atoms with E-state index in [4.69, 9.17) is 14.2 Å². The summed E-state index contributed by atoms with van der Waals surface area (Å²) in [4.78, 5) is 25.1. The fourth-order valence-electron chi connectivity index (χ4n) is 3.67. The SMILES string of the molecule is COC(=O)c1c(C(=O)OC)c2c(OC)c(-c3ccccc3)c(O)c3ccc1n32. The lowest BCUT2D eigenvalue weighted by Crippen LogP contribution is -2.10. The van der Waals surface area contributed by atoms with Crippen LogP contribution in [0.3, 0.4) is 0 Å². The Kier molecular flexibility index (Phi) is 4.07. The minimum Gasteiger partial charge on any atom is -0.505 e. The predicted octanol–water partition coefficient (Wildman–Crippen LogP) is 3.48. The molecule has 0 aliphatic rings. The van der Waals surface area contributed by atoms with Crippen molar-refractivity contribution in [3.05, 3.63) is 53.6 Å². The summed E-state index contributed by atoms with van der Waals surface area (Å²) in [6, 6.07) is 12.5. The summed E-state index contributed by atoms with van der Waals surface area (Å²) in [6.45, 7) is 0. The van der Waals surface area contributed by atoms with Gasteiger partial charge >= 0.3 is 11.9 Å². The molecule has 0 saturated heterocycles. The molecule has 0 aliphatic heterocycles. The number of aromatic nitrogens is 1. The molecule has 0 fully saturated rings. The van der Waals surface area contributed by atoms with E-state index in [0.29, 0.717) is 27.7 Å². The van der Waals surface area contributed by atoms with Gasteiger partial charge in [-0.1, -0.05) is 30.3 Å². The molecule has 0 saturated carbocycles. The first kappa shape index (κ1) is 17.7. The summed E-state index contributed by atoms with van der Waals surface area (Å²) in [5, 5.41) is 11.0. The van der Waals surface area contributed by atoms with Gasteiger partial charge in [-0.25, -0.2) is 9.59 Å². The number of benzene rings is 1. The first-order valence-electron chi connectivity index (χ1n) is 8.46. The third kappa shape index (κ3) is 2.22. The number of hydrogen-bond donors (Lipinski definition) is 1. The van der Waals surface area contributed by atoms with Crippen LogP contribution in [0.1, 0.15) is 20.7 Å². The van der Waals surface area contributed by atoms with E-state index in [0.717, 1.165) is 0 Å². The molecule has 0 spiro atoms. The van der Waals surface area contributed by atoms with Crippen molar-refractivity contribution in [2.45, 2.75) is 0 Å². The highest BCUT2D eigenvalue weighted by Crippen LogP contribution is 2.48. The van der Waals surface area contributed by atoms with Gasteiger partial charge < -0.3 is 23.7 Å². The second kappa shape index (κ2) is 6.45. The highest BCUT2D eigenvalue weighted by molar-refractivity contribution is 6.17. The van der Waals surface area contributed by atoms with Gasteiger partial charge in [-0.05, 0) is 17.7 Å². The van der Waals surface area contributed by atoms with Crippen LogP contribution in [0.2, 0.25) is 0 Å². The number of esters is 2. The fraction of sp³-hybridized carbons (Fsp3) is 0.143. The average molecular weight is 379 g/mol. The van der Waals surface area contributed by atoms with Gasteiger partial charge in [0.05, 0.1) is 37.9 Å². The molecule has 7 heteroatoms. The van der Waals surface area contributed by atoms with Crippen molar-refractivity contribution in [1.29, 1.82) is 0 Å². The fourth-order valence-corrected chi connectivity index (χ4v) is 3.67. The molecule has 4 rings (SSSR count). The van der Waals surface area contributed by atoms with E-state index in [9.17, 15) is 14.7 Å². The van der Waals surface area contributed by atoms with Crippen LogP contribution < -0.4 is 4.74 Å². The van der Waals surface area contributed by atoms with Gasteiger partial charge in [-0.15, -0.1) is 0 Å². The molecule has 4 aromatic rings. The number of nitrogens with zero attached hydrogens (tertiary/aromatic N) is 1. The summed E-state index contributed by atoms with van der Waals surface area (Å²) >= 11 is 0. The van der Waals surface area contributed by atoms with Gasteiger partial charge in [-0.3, -0.25) is 0 Å². The van der Waals surface area contributed by atoms with E-state index >= 15 is 0 Å². The third-order valence-electron chi connectivity index (χ3n) is 4.81. The van der Waals surface area contributed by atoms with Crippen molar-refractivity contribution in [3.63, 3.8) is 0 Å². The molecule has 28 heavy (non-hydrogen) atoms. The molecule has 0 bridgehead atoms.